The first-order chi connectivity index (χ1) is 14.6. The number of carbonyl (C=O) groups excluding carboxylic acids is 3. The Kier molecular flexibility index (Phi) is 6.95. The fourth-order valence-corrected chi connectivity index (χ4v) is 2.86. The van der Waals surface area contributed by atoms with Crippen LogP contribution in [-0.2, 0) is 4.79 Å². The lowest BCUT2D eigenvalue weighted by atomic mass is 10.0. The molecule has 0 radical (unpaired) electrons. The maximum Gasteiger partial charge on any atom is 0.321 e. The molecule has 0 unspecified atom stereocenters. The van der Waals surface area contributed by atoms with Crippen LogP contribution in [0.4, 0.5) is 4.79 Å². The second-order valence-corrected chi connectivity index (χ2v) is 6.48. The SMILES string of the molecule is CCNC(=O)NC(=O)[C@H](Oc1ccc(C(=O)c2ccccc2)cc1)c1ccccc1. The summed E-state index contributed by atoms with van der Waals surface area (Å²) in [6, 6.07) is 23.8. The minimum absolute atomic E-state index is 0.101. The first kappa shape index (κ1) is 20.8. The molecule has 0 aromatic heterocycles. The van der Waals surface area contributed by atoms with Crippen LogP contribution in [0.1, 0.15) is 34.5 Å². The van der Waals surface area contributed by atoms with Crippen molar-refractivity contribution in [2.75, 3.05) is 6.54 Å². The van der Waals surface area contributed by atoms with Crippen molar-refractivity contribution in [3.05, 3.63) is 102 Å². The average Bonchev–Trinajstić information content (AvgIpc) is 2.78. The Hall–Kier alpha value is -3.93. The van der Waals surface area contributed by atoms with Crippen LogP contribution in [0.3, 0.4) is 0 Å². The zero-order chi connectivity index (χ0) is 21.3. The van der Waals surface area contributed by atoms with E-state index in [0.29, 0.717) is 29.0 Å². The van der Waals surface area contributed by atoms with Crippen LogP contribution in [0.2, 0.25) is 0 Å². The van der Waals surface area contributed by atoms with E-state index >= 15 is 0 Å². The molecule has 0 aliphatic heterocycles. The van der Waals surface area contributed by atoms with Gasteiger partial charge in [0.25, 0.3) is 5.91 Å². The third-order valence-electron chi connectivity index (χ3n) is 4.32. The molecular weight excluding hydrogens is 380 g/mol. The monoisotopic (exact) mass is 402 g/mol. The van der Waals surface area contributed by atoms with Crippen molar-refractivity contribution in [3.8, 4) is 5.75 Å². The van der Waals surface area contributed by atoms with E-state index in [1.54, 1.807) is 67.6 Å². The number of carbonyl (C=O) groups is 3. The van der Waals surface area contributed by atoms with Gasteiger partial charge in [-0.15, -0.1) is 0 Å². The minimum atomic E-state index is -1.02. The van der Waals surface area contributed by atoms with E-state index in [1.807, 2.05) is 24.3 Å². The zero-order valence-corrected chi connectivity index (χ0v) is 16.5. The molecule has 3 amide bonds. The molecule has 0 saturated carbocycles. The van der Waals surface area contributed by atoms with Crippen molar-refractivity contribution in [1.29, 1.82) is 0 Å². The molecule has 3 aromatic carbocycles. The largest absolute Gasteiger partial charge is 0.476 e. The number of benzene rings is 3. The molecule has 152 valence electrons. The van der Waals surface area contributed by atoms with Crippen LogP contribution in [0.15, 0.2) is 84.9 Å². The van der Waals surface area contributed by atoms with Gasteiger partial charge in [-0.25, -0.2) is 4.79 Å². The van der Waals surface area contributed by atoms with Gasteiger partial charge in [0.05, 0.1) is 0 Å². The van der Waals surface area contributed by atoms with Crippen molar-refractivity contribution < 1.29 is 19.1 Å². The number of ether oxygens (including phenoxy) is 1. The van der Waals surface area contributed by atoms with E-state index in [2.05, 4.69) is 10.6 Å². The summed E-state index contributed by atoms with van der Waals surface area (Å²) in [4.78, 5) is 36.9. The van der Waals surface area contributed by atoms with Gasteiger partial charge in [-0.1, -0.05) is 60.7 Å². The number of rotatable bonds is 7. The molecule has 3 rings (SSSR count). The highest BCUT2D eigenvalue weighted by atomic mass is 16.5. The maximum absolute atomic E-state index is 12.6. The van der Waals surface area contributed by atoms with Gasteiger partial charge in [0.2, 0.25) is 6.10 Å². The second-order valence-electron chi connectivity index (χ2n) is 6.48. The van der Waals surface area contributed by atoms with Gasteiger partial charge >= 0.3 is 6.03 Å². The van der Waals surface area contributed by atoms with Crippen molar-refractivity contribution in [1.82, 2.24) is 10.6 Å². The number of nitrogens with one attached hydrogen (secondary N) is 2. The van der Waals surface area contributed by atoms with Crippen molar-refractivity contribution in [3.63, 3.8) is 0 Å². The predicted molar refractivity (Wildman–Crippen MR) is 113 cm³/mol. The number of ketones is 1. The zero-order valence-electron chi connectivity index (χ0n) is 16.5. The van der Waals surface area contributed by atoms with Crippen molar-refractivity contribution in [2.45, 2.75) is 13.0 Å². The molecule has 0 bridgehead atoms. The first-order valence-electron chi connectivity index (χ1n) is 9.58. The lowest BCUT2D eigenvalue weighted by Gasteiger charge is -2.19. The summed E-state index contributed by atoms with van der Waals surface area (Å²) >= 11 is 0. The lowest BCUT2D eigenvalue weighted by molar-refractivity contribution is -0.127. The van der Waals surface area contributed by atoms with E-state index in [4.69, 9.17) is 4.74 Å². The number of urea groups is 1. The van der Waals surface area contributed by atoms with Gasteiger partial charge in [0, 0.05) is 23.2 Å². The van der Waals surface area contributed by atoms with Gasteiger partial charge < -0.3 is 10.1 Å². The average molecular weight is 402 g/mol. The van der Waals surface area contributed by atoms with Crippen LogP contribution in [0, 0.1) is 0 Å². The summed E-state index contributed by atoms with van der Waals surface area (Å²) in [7, 11) is 0. The van der Waals surface area contributed by atoms with Crippen LogP contribution in [0.25, 0.3) is 0 Å². The number of amides is 3. The van der Waals surface area contributed by atoms with Crippen LogP contribution in [-0.4, -0.2) is 24.3 Å². The van der Waals surface area contributed by atoms with Gasteiger partial charge in [-0.05, 0) is 31.2 Å². The quantitative estimate of drug-likeness (QED) is 0.588. The maximum atomic E-state index is 12.6. The Morgan fingerprint density at radius 2 is 1.37 bits per heavy atom. The minimum Gasteiger partial charge on any atom is -0.476 e. The van der Waals surface area contributed by atoms with Gasteiger partial charge in [0.15, 0.2) is 5.78 Å². The molecule has 2 N–H and O–H groups in total. The number of imide groups is 1. The van der Waals surface area contributed by atoms with E-state index in [0.717, 1.165) is 0 Å². The number of hydrogen-bond donors (Lipinski definition) is 2. The third kappa shape index (κ3) is 5.32. The summed E-state index contributed by atoms with van der Waals surface area (Å²) in [6.07, 6.45) is -1.02. The van der Waals surface area contributed by atoms with Gasteiger partial charge in [-0.2, -0.15) is 0 Å². The van der Waals surface area contributed by atoms with E-state index in [-0.39, 0.29) is 5.78 Å². The summed E-state index contributed by atoms with van der Waals surface area (Å²) in [6.45, 7) is 2.15. The molecule has 3 aromatic rings. The first-order valence-corrected chi connectivity index (χ1v) is 9.58. The molecule has 0 aliphatic carbocycles. The Morgan fingerprint density at radius 3 is 1.97 bits per heavy atom. The molecular formula is C24H22N2O4. The highest BCUT2D eigenvalue weighted by Crippen LogP contribution is 2.23. The fourth-order valence-electron chi connectivity index (χ4n) is 2.86. The van der Waals surface area contributed by atoms with Crippen molar-refractivity contribution in [2.24, 2.45) is 0 Å². The Morgan fingerprint density at radius 1 is 0.800 bits per heavy atom. The predicted octanol–water partition coefficient (Wildman–Crippen LogP) is 3.88. The van der Waals surface area contributed by atoms with Crippen molar-refractivity contribution >= 4 is 17.7 Å². The highest BCUT2D eigenvalue weighted by Gasteiger charge is 2.24. The Bertz CT molecular complexity index is 1000. The van der Waals surface area contributed by atoms with Crippen LogP contribution in [0.5, 0.6) is 5.75 Å². The number of hydrogen-bond acceptors (Lipinski definition) is 4. The summed E-state index contributed by atoms with van der Waals surface area (Å²) in [5.41, 5.74) is 1.70. The molecule has 0 saturated heterocycles. The third-order valence-corrected chi connectivity index (χ3v) is 4.32. The summed E-state index contributed by atoms with van der Waals surface area (Å²) in [5, 5.41) is 4.80. The van der Waals surface area contributed by atoms with Crippen LogP contribution >= 0.6 is 0 Å². The molecule has 0 heterocycles. The van der Waals surface area contributed by atoms with Gasteiger partial charge in [0.1, 0.15) is 5.75 Å². The molecule has 0 spiro atoms. The summed E-state index contributed by atoms with van der Waals surface area (Å²) < 4.78 is 5.88. The topological polar surface area (TPSA) is 84.5 Å². The lowest BCUT2D eigenvalue weighted by Crippen LogP contribution is -2.42. The van der Waals surface area contributed by atoms with Crippen LogP contribution < -0.4 is 15.4 Å². The Labute approximate surface area is 174 Å². The standard InChI is InChI=1S/C24H22N2O4/c1-2-25-24(29)26-23(28)22(19-11-7-4-8-12-19)30-20-15-13-18(14-16-20)21(27)17-9-5-3-6-10-17/h3-16,22H,2H2,1H3,(H2,25,26,28,29)/t22-/m1/s1. The molecule has 0 fully saturated rings. The van der Waals surface area contributed by atoms with E-state index < -0.39 is 18.0 Å². The molecule has 1 atom stereocenters. The second kappa shape index (κ2) is 10.0. The van der Waals surface area contributed by atoms with E-state index in [9.17, 15) is 14.4 Å². The molecule has 0 aliphatic rings. The smallest absolute Gasteiger partial charge is 0.321 e. The van der Waals surface area contributed by atoms with E-state index in [1.165, 1.54) is 0 Å². The highest BCUT2D eigenvalue weighted by molar-refractivity contribution is 6.09. The Balaban J connectivity index is 1.78. The van der Waals surface area contributed by atoms with Gasteiger partial charge in [-0.3, -0.25) is 14.9 Å². The fraction of sp³-hybridized carbons (Fsp3) is 0.125. The molecule has 6 heteroatoms. The molecule has 30 heavy (non-hydrogen) atoms. The summed E-state index contributed by atoms with van der Waals surface area (Å²) in [5.74, 6) is -0.285. The molecule has 6 nitrogen and oxygen atoms in total. The normalized spacial score (nSPS) is 11.2.